The summed E-state index contributed by atoms with van der Waals surface area (Å²) in [5, 5.41) is 21.8. The number of hydrogen-bond acceptors (Lipinski definition) is 5. The molecule has 2 amide bonds. The molecule has 1 aromatic heterocycles. The number of amides is 2. The number of pyridine rings is 1. The topological polar surface area (TPSA) is 126 Å². The van der Waals surface area contributed by atoms with E-state index in [2.05, 4.69) is 10.3 Å². The van der Waals surface area contributed by atoms with Crippen molar-refractivity contribution < 1.29 is 32.8 Å². The van der Waals surface area contributed by atoms with Crippen molar-refractivity contribution >= 4 is 23.4 Å². The predicted molar refractivity (Wildman–Crippen MR) is 72.2 cm³/mol. The molecule has 12 heteroatoms. The smallest absolute Gasteiger partial charge is 0.394 e. The van der Waals surface area contributed by atoms with E-state index in [9.17, 15) is 32.9 Å². The molecule has 1 aromatic rings. The minimum Gasteiger partial charge on any atom is -0.481 e. The normalized spacial score (nSPS) is 20.7. The van der Waals surface area contributed by atoms with Gasteiger partial charge in [0.2, 0.25) is 0 Å². The first-order valence-corrected chi connectivity index (χ1v) is 6.55. The van der Waals surface area contributed by atoms with Crippen LogP contribution in [0.1, 0.15) is 0 Å². The number of nitrogens with zero attached hydrogens (tertiary/aromatic N) is 3. The number of carboxylic acids is 1. The van der Waals surface area contributed by atoms with Crippen LogP contribution < -0.4 is 5.32 Å². The molecule has 0 spiro atoms. The summed E-state index contributed by atoms with van der Waals surface area (Å²) in [6.07, 6.45) is -2.75. The lowest BCUT2D eigenvalue weighted by atomic mass is 9.96. The Morgan fingerprint density at radius 2 is 2.08 bits per heavy atom. The average Bonchev–Trinajstić information content (AvgIpc) is 2.93. The minimum atomic E-state index is -4.78. The highest BCUT2D eigenvalue weighted by Crippen LogP contribution is 2.38. The van der Waals surface area contributed by atoms with E-state index in [1.54, 1.807) is 0 Å². The summed E-state index contributed by atoms with van der Waals surface area (Å²) >= 11 is 0. The van der Waals surface area contributed by atoms with Crippen molar-refractivity contribution in [3.63, 3.8) is 0 Å². The van der Waals surface area contributed by atoms with Crippen molar-refractivity contribution in [2.24, 2.45) is 11.8 Å². The summed E-state index contributed by atoms with van der Waals surface area (Å²) in [4.78, 5) is 37.2. The number of hydrogen-bond donors (Lipinski definition) is 2. The van der Waals surface area contributed by atoms with Gasteiger partial charge in [0, 0.05) is 19.3 Å². The molecular formula is C12H11F3N4O5. The zero-order chi connectivity index (χ0) is 18.1. The molecule has 1 fully saturated rings. The van der Waals surface area contributed by atoms with Crippen LogP contribution in [0.15, 0.2) is 18.5 Å². The summed E-state index contributed by atoms with van der Waals surface area (Å²) in [7, 11) is 0. The molecule has 0 aromatic carbocycles. The molecule has 2 rings (SSSR count). The summed E-state index contributed by atoms with van der Waals surface area (Å²) in [5.74, 6) is -5.65. The lowest BCUT2D eigenvalue weighted by molar-refractivity contribution is -0.384. The second-order valence-electron chi connectivity index (χ2n) is 5.08. The van der Waals surface area contributed by atoms with Gasteiger partial charge in [-0.1, -0.05) is 0 Å². The first kappa shape index (κ1) is 17.4. The average molecular weight is 348 g/mol. The number of anilines is 1. The molecular weight excluding hydrogens is 337 g/mol. The third-order valence-corrected chi connectivity index (χ3v) is 3.58. The van der Waals surface area contributed by atoms with Gasteiger partial charge >= 0.3 is 23.9 Å². The molecule has 130 valence electrons. The van der Waals surface area contributed by atoms with Crippen LogP contribution in [0.3, 0.4) is 0 Å². The van der Waals surface area contributed by atoms with Crippen molar-refractivity contribution in [2.75, 3.05) is 18.4 Å². The van der Waals surface area contributed by atoms with Crippen LogP contribution in [0.5, 0.6) is 0 Å². The number of carbonyl (C=O) groups is 2. The lowest BCUT2D eigenvalue weighted by Crippen LogP contribution is -2.35. The fourth-order valence-corrected chi connectivity index (χ4v) is 2.38. The zero-order valence-corrected chi connectivity index (χ0v) is 11.9. The Labute approximate surface area is 132 Å². The molecule has 1 aliphatic rings. The van der Waals surface area contributed by atoms with E-state index in [0.29, 0.717) is 4.90 Å². The van der Waals surface area contributed by atoms with Crippen LogP contribution in [0, 0.1) is 22.0 Å². The van der Waals surface area contributed by atoms with Crippen LogP contribution in [-0.2, 0) is 4.79 Å². The summed E-state index contributed by atoms with van der Waals surface area (Å²) in [5.41, 5.74) is -0.783. The van der Waals surface area contributed by atoms with Gasteiger partial charge in [-0.2, -0.15) is 13.2 Å². The van der Waals surface area contributed by atoms with Gasteiger partial charge in [-0.15, -0.1) is 0 Å². The number of aliphatic carboxylic acids is 1. The van der Waals surface area contributed by atoms with E-state index >= 15 is 0 Å². The SMILES string of the molecule is O=C(O)[C@@H]1CN(C(=O)Nc2ccncc2[N+](=O)[O-])C[C@H]1C(F)(F)F. The Morgan fingerprint density at radius 1 is 1.42 bits per heavy atom. The van der Waals surface area contributed by atoms with Gasteiger partial charge in [0.25, 0.3) is 0 Å². The summed E-state index contributed by atoms with van der Waals surface area (Å²) in [6.45, 7) is -1.49. The first-order valence-electron chi connectivity index (χ1n) is 6.55. The number of aromatic nitrogens is 1. The Balaban J connectivity index is 2.17. The van der Waals surface area contributed by atoms with Gasteiger partial charge in [0.15, 0.2) is 0 Å². The second kappa shape index (κ2) is 6.29. The minimum absolute atomic E-state index is 0.248. The molecule has 0 aliphatic carbocycles. The van der Waals surface area contributed by atoms with Gasteiger partial charge in [-0.3, -0.25) is 19.9 Å². The number of nitro groups is 1. The van der Waals surface area contributed by atoms with Gasteiger partial charge in [-0.05, 0) is 6.07 Å². The number of carbonyl (C=O) groups excluding carboxylic acids is 1. The van der Waals surface area contributed by atoms with Crippen LogP contribution in [0.25, 0.3) is 0 Å². The first-order chi connectivity index (χ1) is 11.1. The molecule has 2 heterocycles. The number of urea groups is 1. The van der Waals surface area contributed by atoms with Gasteiger partial charge < -0.3 is 15.3 Å². The standard InChI is InChI=1S/C12H11F3N4O5/c13-12(14,15)7-5-18(4-6(7)10(20)21)11(22)17-8-1-2-16-3-9(8)19(23)24/h1-3,6-7H,4-5H2,(H,20,21)(H,16,17,22)/t6-,7-/m1/s1. The zero-order valence-electron chi connectivity index (χ0n) is 11.9. The molecule has 1 saturated heterocycles. The Kier molecular flexibility index (Phi) is 4.57. The van der Waals surface area contributed by atoms with Gasteiger partial charge in [0.05, 0.1) is 16.8 Å². The Morgan fingerprint density at radius 3 is 2.58 bits per heavy atom. The van der Waals surface area contributed by atoms with Gasteiger partial charge in [0.1, 0.15) is 11.9 Å². The van der Waals surface area contributed by atoms with Gasteiger partial charge in [-0.25, -0.2) is 4.79 Å². The number of nitrogens with one attached hydrogen (secondary N) is 1. The van der Waals surface area contributed by atoms with Crippen molar-refractivity contribution in [1.82, 2.24) is 9.88 Å². The van der Waals surface area contributed by atoms with E-state index in [-0.39, 0.29) is 5.69 Å². The van der Waals surface area contributed by atoms with Crippen LogP contribution in [0.2, 0.25) is 0 Å². The number of rotatable bonds is 3. The van der Waals surface area contributed by atoms with Crippen molar-refractivity contribution in [3.05, 3.63) is 28.6 Å². The van der Waals surface area contributed by atoms with Crippen molar-refractivity contribution in [2.45, 2.75) is 6.18 Å². The molecule has 0 saturated carbocycles. The van der Waals surface area contributed by atoms with Crippen molar-refractivity contribution in [1.29, 1.82) is 0 Å². The quantitative estimate of drug-likeness (QED) is 0.633. The van der Waals surface area contributed by atoms with E-state index in [4.69, 9.17) is 5.11 Å². The Bertz CT molecular complexity index is 681. The van der Waals surface area contributed by atoms with E-state index in [0.717, 1.165) is 18.5 Å². The van der Waals surface area contributed by atoms with E-state index in [1.807, 2.05) is 0 Å². The maximum absolute atomic E-state index is 12.9. The second-order valence-corrected chi connectivity index (χ2v) is 5.08. The number of alkyl halides is 3. The van der Waals surface area contributed by atoms with Crippen LogP contribution >= 0.6 is 0 Å². The summed E-state index contributed by atoms with van der Waals surface area (Å²) in [6, 6.07) is 0.0597. The highest BCUT2D eigenvalue weighted by Gasteiger charge is 2.53. The largest absolute Gasteiger partial charge is 0.481 e. The Hall–Kier alpha value is -2.92. The van der Waals surface area contributed by atoms with Crippen LogP contribution in [-0.4, -0.2) is 51.2 Å². The molecule has 0 unspecified atom stereocenters. The fraction of sp³-hybridized carbons (Fsp3) is 0.417. The third-order valence-electron chi connectivity index (χ3n) is 3.58. The van der Waals surface area contributed by atoms with Crippen molar-refractivity contribution in [3.8, 4) is 0 Å². The number of halogens is 3. The summed E-state index contributed by atoms with van der Waals surface area (Å²) < 4.78 is 38.7. The fourth-order valence-electron chi connectivity index (χ4n) is 2.38. The molecule has 24 heavy (non-hydrogen) atoms. The maximum atomic E-state index is 12.9. The predicted octanol–water partition coefficient (Wildman–Crippen LogP) is 1.72. The monoisotopic (exact) mass is 348 g/mol. The molecule has 0 bridgehead atoms. The highest BCUT2D eigenvalue weighted by atomic mass is 19.4. The number of likely N-dealkylation sites (tertiary alicyclic amines) is 1. The molecule has 2 N–H and O–H groups in total. The lowest BCUT2D eigenvalue weighted by Gasteiger charge is -2.18. The van der Waals surface area contributed by atoms with Crippen LogP contribution in [0.4, 0.5) is 29.3 Å². The molecule has 9 nitrogen and oxygen atoms in total. The third kappa shape index (κ3) is 3.52. The van der Waals surface area contributed by atoms with E-state index < -0.39 is 53.7 Å². The maximum Gasteiger partial charge on any atom is 0.394 e. The number of carboxylic acid groups (broad SMARTS) is 1. The highest BCUT2D eigenvalue weighted by molar-refractivity contribution is 5.92. The molecule has 2 atom stereocenters. The molecule has 1 aliphatic heterocycles. The van der Waals surface area contributed by atoms with E-state index in [1.165, 1.54) is 0 Å². The molecule has 0 radical (unpaired) electrons.